The van der Waals surface area contributed by atoms with Crippen molar-refractivity contribution < 1.29 is 14.7 Å². The van der Waals surface area contributed by atoms with Crippen LogP contribution in [0.2, 0.25) is 0 Å². The maximum Gasteiger partial charge on any atom is 0.326 e. The normalized spacial score (nSPS) is 17.9. The summed E-state index contributed by atoms with van der Waals surface area (Å²) in [5.74, 6) is -0.981. The summed E-state index contributed by atoms with van der Waals surface area (Å²) in [5, 5.41) is 18.3. The minimum absolute atomic E-state index is 0.384. The van der Waals surface area contributed by atoms with Gasteiger partial charge in [0.2, 0.25) is 0 Å². The zero-order valence-electron chi connectivity index (χ0n) is 11.8. The summed E-state index contributed by atoms with van der Waals surface area (Å²) >= 11 is 0. The summed E-state index contributed by atoms with van der Waals surface area (Å²) in [7, 11) is 1.56. The van der Waals surface area contributed by atoms with Gasteiger partial charge >= 0.3 is 12.0 Å². The van der Waals surface area contributed by atoms with E-state index in [0.717, 1.165) is 12.8 Å². The Morgan fingerprint density at radius 3 is 2.76 bits per heavy atom. The summed E-state index contributed by atoms with van der Waals surface area (Å²) < 4.78 is 0. The molecule has 1 aliphatic heterocycles. The van der Waals surface area contributed by atoms with Gasteiger partial charge in [-0.1, -0.05) is 12.1 Å². The molecule has 1 aliphatic rings. The van der Waals surface area contributed by atoms with E-state index in [4.69, 9.17) is 5.26 Å². The molecule has 0 bridgehead atoms. The number of carboxylic acid groups (broad SMARTS) is 1. The van der Waals surface area contributed by atoms with Gasteiger partial charge in [0.15, 0.2) is 0 Å². The van der Waals surface area contributed by atoms with Crippen molar-refractivity contribution in [2.45, 2.75) is 25.3 Å². The zero-order chi connectivity index (χ0) is 15.4. The van der Waals surface area contributed by atoms with Crippen molar-refractivity contribution in [3.8, 4) is 6.07 Å². The first kappa shape index (κ1) is 14.9. The minimum Gasteiger partial charge on any atom is -0.480 e. The van der Waals surface area contributed by atoms with Crippen LogP contribution in [-0.4, -0.2) is 41.6 Å². The molecule has 1 heterocycles. The maximum atomic E-state index is 12.6. The second-order valence-electron chi connectivity index (χ2n) is 5.01. The van der Waals surface area contributed by atoms with Gasteiger partial charge in [0.25, 0.3) is 0 Å². The molecular formula is C15H17N3O3. The molecule has 0 aromatic heterocycles. The van der Waals surface area contributed by atoms with Crippen LogP contribution in [0.5, 0.6) is 0 Å². The number of nitriles is 1. The second-order valence-corrected chi connectivity index (χ2v) is 5.01. The monoisotopic (exact) mass is 287 g/mol. The quantitative estimate of drug-likeness (QED) is 0.902. The van der Waals surface area contributed by atoms with Crippen molar-refractivity contribution >= 4 is 17.7 Å². The number of urea groups is 1. The number of rotatable bonds is 2. The Morgan fingerprint density at radius 1 is 1.38 bits per heavy atom. The number of anilines is 1. The number of benzene rings is 1. The van der Waals surface area contributed by atoms with Gasteiger partial charge in [0.1, 0.15) is 12.1 Å². The van der Waals surface area contributed by atoms with Crippen molar-refractivity contribution in [2.24, 2.45) is 0 Å². The van der Waals surface area contributed by atoms with Crippen molar-refractivity contribution in [3.05, 3.63) is 29.8 Å². The molecule has 21 heavy (non-hydrogen) atoms. The molecule has 1 saturated heterocycles. The van der Waals surface area contributed by atoms with E-state index < -0.39 is 12.0 Å². The summed E-state index contributed by atoms with van der Waals surface area (Å²) in [6, 6.07) is 7.64. The van der Waals surface area contributed by atoms with Gasteiger partial charge in [-0.3, -0.25) is 4.90 Å². The number of hydrogen-bond donors (Lipinski definition) is 1. The fourth-order valence-electron chi connectivity index (χ4n) is 2.57. The van der Waals surface area contributed by atoms with E-state index in [1.807, 2.05) is 6.07 Å². The largest absolute Gasteiger partial charge is 0.480 e. The molecule has 1 atom stereocenters. The van der Waals surface area contributed by atoms with Crippen LogP contribution in [0.4, 0.5) is 10.5 Å². The Balaban J connectivity index is 2.26. The molecule has 1 unspecified atom stereocenters. The van der Waals surface area contributed by atoms with Crippen molar-refractivity contribution in [2.75, 3.05) is 18.5 Å². The lowest BCUT2D eigenvalue weighted by Gasteiger charge is -2.35. The van der Waals surface area contributed by atoms with Crippen LogP contribution in [-0.2, 0) is 4.79 Å². The number of carbonyl (C=O) groups excluding carboxylic acids is 1. The first-order valence-corrected chi connectivity index (χ1v) is 6.82. The topological polar surface area (TPSA) is 84.6 Å². The number of nitrogens with zero attached hydrogens (tertiary/aromatic N) is 3. The first-order valence-electron chi connectivity index (χ1n) is 6.82. The molecule has 0 aliphatic carbocycles. The number of hydrogen-bond acceptors (Lipinski definition) is 3. The molecule has 110 valence electrons. The van der Waals surface area contributed by atoms with Gasteiger partial charge in [0, 0.05) is 13.6 Å². The summed E-state index contributed by atoms with van der Waals surface area (Å²) in [6.07, 6.45) is 2.07. The molecule has 0 radical (unpaired) electrons. The Bertz CT molecular complexity index is 594. The molecular weight excluding hydrogens is 270 g/mol. The third-order valence-electron chi connectivity index (χ3n) is 3.71. The van der Waals surface area contributed by atoms with Gasteiger partial charge in [0.05, 0.1) is 11.3 Å². The van der Waals surface area contributed by atoms with Gasteiger partial charge < -0.3 is 10.0 Å². The van der Waals surface area contributed by atoms with Gasteiger partial charge in [-0.05, 0) is 31.4 Å². The Hall–Kier alpha value is -2.55. The number of carbonyl (C=O) groups is 2. The van der Waals surface area contributed by atoms with Crippen LogP contribution in [0.1, 0.15) is 24.8 Å². The molecule has 0 saturated carbocycles. The highest BCUT2D eigenvalue weighted by atomic mass is 16.4. The molecule has 1 aromatic rings. The predicted molar refractivity (Wildman–Crippen MR) is 76.9 cm³/mol. The standard InChI is InChI=1S/C15H17N3O3/c1-17(12-7-3-2-6-11(12)10-16)15(21)18-9-5-4-8-13(18)14(19)20/h2-3,6-7,13H,4-5,8-9H2,1H3,(H,19,20). The average Bonchev–Trinajstić information content (AvgIpc) is 2.53. The van der Waals surface area contributed by atoms with Gasteiger partial charge in [-0.15, -0.1) is 0 Å². The third-order valence-corrected chi connectivity index (χ3v) is 3.71. The van der Waals surface area contributed by atoms with Crippen LogP contribution in [0.25, 0.3) is 0 Å². The third kappa shape index (κ3) is 2.97. The zero-order valence-corrected chi connectivity index (χ0v) is 11.8. The van der Waals surface area contributed by atoms with E-state index in [1.165, 1.54) is 9.80 Å². The number of piperidine rings is 1. The van der Waals surface area contributed by atoms with E-state index in [1.54, 1.807) is 31.3 Å². The number of aliphatic carboxylic acids is 1. The molecule has 6 nitrogen and oxygen atoms in total. The Labute approximate surface area is 123 Å². The van der Waals surface area contributed by atoms with E-state index in [9.17, 15) is 14.7 Å². The fraction of sp³-hybridized carbons (Fsp3) is 0.400. The van der Waals surface area contributed by atoms with Gasteiger partial charge in [-0.2, -0.15) is 5.26 Å². The fourth-order valence-corrected chi connectivity index (χ4v) is 2.57. The number of amides is 2. The van der Waals surface area contributed by atoms with Crippen LogP contribution in [0, 0.1) is 11.3 Å². The first-order chi connectivity index (χ1) is 10.1. The van der Waals surface area contributed by atoms with Crippen molar-refractivity contribution in [1.82, 2.24) is 4.90 Å². The second kappa shape index (κ2) is 6.27. The minimum atomic E-state index is -0.981. The van der Waals surface area contributed by atoms with Crippen LogP contribution < -0.4 is 4.90 Å². The maximum absolute atomic E-state index is 12.6. The van der Waals surface area contributed by atoms with E-state index in [0.29, 0.717) is 24.2 Å². The van der Waals surface area contributed by atoms with Crippen LogP contribution in [0.3, 0.4) is 0 Å². The SMILES string of the molecule is CN(C(=O)N1CCCCC1C(=O)O)c1ccccc1C#N. The van der Waals surface area contributed by atoms with E-state index in [2.05, 4.69) is 0 Å². The number of para-hydroxylation sites is 1. The highest BCUT2D eigenvalue weighted by molar-refractivity contribution is 5.95. The lowest BCUT2D eigenvalue weighted by atomic mass is 10.0. The molecule has 2 amide bonds. The highest BCUT2D eigenvalue weighted by Crippen LogP contribution is 2.23. The molecule has 0 spiro atoms. The number of carboxylic acids is 1. The predicted octanol–water partition coefficient (Wildman–Crippen LogP) is 2.05. The Kier molecular flexibility index (Phi) is 4.43. The molecule has 1 fully saturated rings. The molecule has 1 aromatic carbocycles. The smallest absolute Gasteiger partial charge is 0.326 e. The van der Waals surface area contributed by atoms with Crippen LogP contribution in [0.15, 0.2) is 24.3 Å². The molecule has 2 rings (SSSR count). The highest BCUT2D eigenvalue weighted by Gasteiger charge is 2.34. The van der Waals surface area contributed by atoms with E-state index >= 15 is 0 Å². The van der Waals surface area contributed by atoms with E-state index in [-0.39, 0.29) is 6.03 Å². The van der Waals surface area contributed by atoms with Gasteiger partial charge in [-0.25, -0.2) is 9.59 Å². The summed E-state index contributed by atoms with van der Waals surface area (Å²) in [4.78, 5) is 26.6. The van der Waals surface area contributed by atoms with Crippen molar-refractivity contribution in [1.29, 1.82) is 5.26 Å². The lowest BCUT2D eigenvalue weighted by molar-refractivity contribution is -0.143. The van der Waals surface area contributed by atoms with Crippen LogP contribution >= 0.6 is 0 Å². The Morgan fingerprint density at radius 2 is 2.10 bits per heavy atom. The van der Waals surface area contributed by atoms with Crippen molar-refractivity contribution in [3.63, 3.8) is 0 Å². The summed E-state index contributed by atoms with van der Waals surface area (Å²) in [5.41, 5.74) is 0.872. The average molecular weight is 287 g/mol. The number of likely N-dealkylation sites (tertiary alicyclic amines) is 1. The summed E-state index contributed by atoms with van der Waals surface area (Å²) in [6.45, 7) is 0.425. The lowest BCUT2D eigenvalue weighted by Crippen LogP contribution is -2.52. The molecule has 6 heteroatoms. The molecule has 1 N–H and O–H groups in total.